The first-order valence-corrected chi connectivity index (χ1v) is 10.4. The summed E-state index contributed by atoms with van der Waals surface area (Å²) in [6.07, 6.45) is 3.96. The molecule has 1 aliphatic rings. The molecule has 0 unspecified atom stereocenters. The van der Waals surface area contributed by atoms with Gasteiger partial charge in [-0.3, -0.25) is 9.69 Å². The third kappa shape index (κ3) is 6.10. The number of nitrogens with zero attached hydrogens (tertiary/aromatic N) is 1. The summed E-state index contributed by atoms with van der Waals surface area (Å²) >= 11 is 0. The predicted molar refractivity (Wildman–Crippen MR) is 113 cm³/mol. The monoisotopic (exact) mass is 380 g/mol. The number of para-hydroxylation sites is 1. The van der Waals surface area contributed by atoms with Crippen LogP contribution in [0.5, 0.6) is 5.75 Å². The fourth-order valence-corrected chi connectivity index (χ4v) is 3.70. The Kier molecular flexibility index (Phi) is 7.49. The number of hydrogen-bond acceptors (Lipinski definition) is 3. The smallest absolute Gasteiger partial charge is 0.258 e. The number of benzene rings is 2. The highest BCUT2D eigenvalue weighted by atomic mass is 16.5. The van der Waals surface area contributed by atoms with Crippen LogP contribution in [-0.4, -0.2) is 30.5 Å². The Morgan fingerprint density at radius 1 is 1.04 bits per heavy atom. The average Bonchev–Trinajstić information content (AvgIpc) is 2.72. The lowest BCUT2D eigenvalue weighted by Gasteiger charge is -2.26. The van der Waals surface area contributed by atoms with Crippen molar-refractivity contribution in [3.05, 3.63) is 65.2 Å². The molecule has 0 bridgehead atoms. The van der Waals surface area contributed by atoms with Gasteiger partial charge in [-0.05, 0) is 54.6 Å². The summed E-state index contributed by atoms with van der Waals surface area (Å²) in [5.74, 6) is 1.05. The number of rotatable bonds is 8. The number of ether oxygens (including phenoxy) is 1. The minimum absolute atomic E-state index is 0.0389. The van der Waals surface area contributed by atoms with Crippen LogP contribution in [0, 0.1) is 0 Å². The number of carbonyl (C=O) groups is 1. The Bertz CT molecular complexity index is 767. The lowest BCUT2D eigenvalue weighted by Crippen LogP contribution is -2.29. The second-order valence-corrected chi connectivity index (χ2v) is 7.91. The van der Waals surface area contributed by atoms with Crippen molar-refractivity contribution in [3.8, 4) is 5.75 Å². The fourth-order valence-electron chi connectivity index (χ4n) is 3.70. The molecule has 0 aliphatic carbocycles. The van der Waals surface area contributed by atoms with Crippen LogP contribution >= 0.6 is 0 Å². The molecular formula is C24H32N2O2. The van der Waals surface area contributed by atoms with Crippen molar-refractivity contribution in [1.82, 2.24) is 10.2 Å². The molecule has 0 spiro atoms. The maximum absolute atomic E-state index is 12.2. The van der Waals surface area contributed by atoms with Gasteiger partial charge in [-0.15, -0.1) is 0 Å². The van der Waals surface area contributed by atoms with Gasteiger partial charge < -0.3 is 10.1 Å². The Morgan fingerprint density at radius 2 is 1.79 bits per heavy atom. The lowest BCUT2D eigenvalue weighted by molar-refractivity contribution is -0.123. The highest BCUT2D eigenvalue weighted by Gasteiger charge is 2.11. The van der Waals surface area contributed by atoms with Crippen molar-refractivity contribution in [2.75, 3.05) is 19.7 Å². The van der Waals surface area contributed by atoms with Crippen molar-refractivity contribution in [1.29, 1.82) is 0 Å². The summed E-state index contributed by atoms with van der Waals surface area (Å²) in [5, 5.41) is 2.97. The Morgan fingerprint density at radius 3 is 2.57 bits per heavy atom. The van der Waals surface area contributed by atoms with Gasteiger partial charge in [0.05, 0.1) is 0 Å². The van der Waals surface area contributed by atoms with E-state index in [0.717, 1.165) is 23.4 Å². The average molecular weight is 381 g/mol. The van der Waals surface area contributed by atoms with Gasteiger partial charge >= 0.3 is 0 Å². The predicted octanol–water partition coefficient (Wildman–Crippen LogP) is 4.49. The molecule has 2 aromatic carbocycles. The molecule has 1 saturated heterocycles. The lowest BCUT2D eigenvalue weighted by atomic mass is 10.0. The molecule has 4 nitrogen and oxygen atoms in total. The SMILES string of the molecule is CC(C)c1ccccc1OCC(=O)NCc1cccc(CN2CCCCC2)c1. The van der Waals surface area contributed by atoms with E-state index in [1.165, 1.54) is 37.9 Å². The number of hydrogen-bond donors (Lipinski definition) is 1. The normalized spacial score (nSPS) is 14.8. The molecule has 2 aromatic rings. The van der Waals surface area contributed by atoms with Gasteiger partial charge in [0.25, 0.3) is 5.91 Å². The van der Waals surface area contributed by atoms with Crippen LogP contribution in [-0.2, 0) is 17.9 Å². The standard InChI is InChI=1S/C24H32N2O2/c1-19(2)22-11-4-5-12-23(22)28-18-24(27)25-16-20-9-8-10-21(15-20)17-26-13-6-3-7-14-26/h4-5,8-12,15,19H,3,6-7,13-14,16-18H2,1-2H3,(H,25,27). The minimum Gasteiger partial charge on any atom is -0.483 e. The molecule has 0 radical (unpaired) electrons. The molecule has 1 fully saturated rings. The minimum atomic E-state index is -0.0972. The maximum atomic E-state index is 12.2. The molecule has 1 amide bonds. The van der Waals surface area contributed by atoms with Crippen molar-refractivity contribution in [3.63, 3.8) is 0 Å². The van der Waals surface area contributed by atoms with Crippen LogP contribution in [0.4, 0.5) is 0 Å². The van der Waals surface area contributed by atoms with E-state index in [-0.39, 0.29) is 12.5 Å². The van der Waals surface area contributed by atoms with Crippen molar-refractivity contribution in [2.45, 2.75) is 52.1 Å². The molecule has 28 heavy (non-hydrogen) atoms. The molecular weight excluding hydrogens is 348 g/mol. The highest BCUT2D eigenvalue weighted by molar-refractivity contribution is 5.77. The van der Waals surface area contributed by atoms with Gasteiger partial charge in [-0.1, -0.05) is 62.7 Å². The van der Waals surface area contributed by atoms with Gasteiger partial charge in [-0.25, -0.2) is 0 Å². The van der Waals surface area contributed by atoms with Crippen LogP contribution in [0.3, 0.4) is 0 Å². The van der Waals surface area contributed by atoms with Crippen LogP contribution in [0.1, 0.15) is 55.7 Å². The van der Waals surface area contributed by atoms with E-state index in [0.29, 0.717) is 12.5 Å². The summed E-state index contributed by atoms with van der Waals surface area (Å²) in [6, 6.07) is 16.4. The van der Waals surface area contributed by atoms with Gasteiger partial charge in [0.2, 0.25) is 0 Å². The maximum Gasteiger partial charge on any atom is 0.258 e. The molecule has 0 aromatic heterocycles. The molecule has 3 rings (SSSR count). The van der Waals surface area contributed by atoms with Gasteiger partial charge in [0, 0.05) is 13.1 Å². The first-order valence-electron chi connectivity index (χ1n) is 10.4. The second-order valence-electron chi connectivity index (χ2n) is 7.91. The Balaban J connectivity index is 1.47. The number of amides is 1. The van der Waals surface area contributed by atoms with E-state index in [2.05, 4.69) is 48.3 Å². The molecule has 150 valence electrons. The van der Waals surface area contributed by atoms with E-state index in [9.17, 15) is 4.79 Å². The summed E-state index contributed by atoms with van der Waals surface area (Å²) in [6.45, 7) is 8.19. The van der Waals surface area contributed by atoms with E-state index in [1.807, 2.05) is 24.3 Å². The largest absolute Gasteiger partial charge is 0.483 e. The van der Waals surface area contributed by atoms with Gasteiger partial charge in [0.1, 0.15) is 5.75 Å². The zero-order chi connectivity index (χ0) is 19.8. The van der Waals surface area contributed by atoms with Crippen LogP contribution in [0.25, 0.3) is 0 Å². The Hall–Kier alpha value is -2.33. The number of carbonyl (C=O) groups excluding carboxylic acids is 1. The molecule has 4 heteroatoms. The molecule has 1 aliphatic heterocycles. The molecule has 1 N–H and O–H groups in total. The second kappa shape index (κ2) is 10.3. The van der Waals surface area contributed by atoms with Gasteiger partial charge in [-0.2, -0.15) is 0 Å². The highest BCUT2D eigenvalue weighted by Crippen LogP contribution is 2.25. The third-order valence-electron chi connectivity index (χ3n) is 5.24. The Labute approximate surface area is 168 Å². The zero-order valence-electron chi connectivity index (χ0n) is 17.1. The first-order chi connectivity index (χ1) is 13.6. The van der Waals surface area contributed by atoms with E-state index < -0.39 is 0 Å². The number of nitrogens with one attached hydrogen (secondary N) is 1. The molecule has 1 heterocycles. The van der Waals surface area contributed by atoms with E-state index in [1.54, 1.807) is 0 Å². The van der Waals surface area contributed by atoms with E-state index in [4.69, 9.17) is 4.74 Å². The zero-order valence-corrected chi connectivity index (χ0v) is 17.1. The van der Waals surface area contributed by atoms with Crippen molar-refractivity contribution in [2.24, 2.45) is 0 Å². The van der Waals surface area contributed by atoms with Crippen molar-refractivity contribution >= 4 is 5.91 Å². The van der Waals surface area contributed by atoms with Gasteiger partial charge in [0.15, 0.2) is 6.61 Å². The fraction of sp³-hybridized carbons (Fsp3) is 0.458. The topological polar surface area (TPSA) is 41.6 Å². The van der Waals surface area contributed by atoms with Crippen LogP contribution < -0.4 is 10.1 Å². The van der Waals surface area contributed by atoms with Crippen LogP contribution in [0.15, 0.2) is 48.5 Å². The summed E-state index contributed by atoms with van der Waals surface area (Å²) in [4.78, 5) is 14.7. The van der Waals surface area contributed by atoms with Crippen LogP contribution in [0.2, 0.25) is 0 Å². The van der Waals surface area contributed by atoms with E-state index >= 15 is 0 Å². The van der Waals surface area contributed by atoms with Crippen molar-refractivity contribution < 1.29 is 9.53 Å². The number of likely N-dealkylation sites (tertiary alicyclic amines) is 1. The first kappa shape index (κ1) is 20.4. The number of piperidine rings is 1. The molecule has 0 saturated carbocycles. The quantitative estimate of drug-likeness (QED) is 0.734. The third-order valence-corrected chi connectivity index (χ3v) is 5.24. The summed E-state index contributed by atoms with van der Waals surface area (Å²) in [7, 11) is 0. The summed E-state index contributed by atoms with van der Waals surface area (Å²) < 4.78 is 5.75. The summed E-state index contributed by atoms with van der Waals surface area (Å²) in [5.41, 5.74) is 3.57. The molecule has 0 atom stereocenters.